The Morgan fingerprint density at radius 1 is 1.14 bits per heavy atom. The molecule has 0 amide bonds. The van der Waals surface area contributed by atoms with Crippen LogP contribution in [0.3, 0.4) is 0 Å². The largest absolute Gasteiger partial charge is 1.00 e. The molecule has 2 heterocycles. The van der Waals surface area contributed by atoms with Gasteiger partial charge in [-0.05, 0) is 25.5 Å². The van der Waals surface area contributed by atoms with Crippen LogP contribution in [0.25, 0.3) is 0 Å². The quantitative estimate of drug-likeness (QED) is 0.468. The Hall–Kier alpha value is -1.37. The molecule has 0 saturated carbocycles. The predicted molar refractivity (Wildman–Crippen MR) is 78.2 cm³/mol. The number of nitrogens with zero attached hydrogens (tertiary/aromatic N) is 2. The van der Waals surface area contributed by atoms with Crippen LogP contribution in [0.2, 0.25) is 0 Å². The van der Waals surface area contributed by atoms with Gasteiger partial charge in [0.25, 0.3) is 0 Å². The fraction of sp³-hybridized carbons (Fsp3) is 0.267. The second kappa shape index (κ2) is 8.17. The molecule has 0 atom stereocenters. The van der Waals surface area contributed by atoms with Crippen LogP contribution in [0, 0.1) is 0 Å². The highest BCUT2D eigenvalue weighted by Crippen LogP contribution is 2.09. The van der Waals surface area contributed by atoms with Crippen LogP contribution in [-0.2, 0) is 6.54 Å². The van der Waals surface area contributed by atoms with Gasteiger partial charge in [-0.25, -0.2) is 0 Å². The Morgan fingerprint density at radius 3 is 2.33 bits per heavy atom. The molecule has 4 nitrogen and oxygen atoms in total. The summed E-state index contributed by atoms with van der Waals surface area (Å²) in [4.78, 5) is 26.4. The summed E-state index contributed by atoms with van der Waals surface area (Å²) in [6.07, 6.45) is 3.54. The number of ketones is 2. The average molecular weight is 369 g/mol. The summed E-state index contributed by atoms with van der Waals surface area (Å²) in [5, 5.41) is 1.89. The van der Waals surface area contributed by atoms with E-state index >= 15 is 0 Å². The van der Waals surface area contributed by atoms with Gasteiger partial charge in [-0.2, -0.15) is 4.57 Å². The molecular formula is C15H17BrN2O2S. The number of pyridine rings is 1. The van der Waals surface area contributed by atoms with Crippen LogP contribution < -0.4 is 21.5 Å². The van der Waals surface area contributed by atoms with Crippen molar-refractivity contribution in [3.8, 4) is 0 Å². The molecule has 21 heavy (non-hydrogen) atoms. The van der Waals surface area contributed by atoms with E-state index in [1.807, 2.05) is 36.5 Å². The maximum atomic E-state index is 12.0. The summed E-state index contributed by atoms with van der Waals surface area (Å²) in [5.74, 6) is 0.157. The third-order valence-corrected chi connectivity index (χ3v) is 3.71. The van der Waals surface area contributed by atoms with Crippen molar-refractivity contribution >= 4 is 22.9 Å². The molecule has 2 aromatic heterocycles. The van der Waals surface area contributed by atoms with E-state index in [9.17, 15) is 9.59 Å². The van der Waals surface area contributed by atoms with Crippen LogP contribution in [0.1, 0.15) is 20.0 Å². The van der Waals surface area contributed by atoms with Gasteiger partial charge >= 0.3 is 0 Å². The number of halogens is 1. The summed E-state index contributed by atoms with van der Waals surface area (Å²) in [5.41, 5.74) is 0.665. The van der Waals surface area contributed by atoms with Crippen molar-refractivity contribution in [1.29, 1.82) is 0 Å². The summed E-state index contributed by atoms with van der Waals surface area (Å²) >= 11 is 1.44. The number of aromatic nitrogens is 1. The van der Waals surface area contributed by atoms with Gasteiger partial charge in [0.15, 0.2) is 18.2 Å². The van der Waals surface area contributed by atoms with E-state index in [1.165, 1.54) is 11.3 Å². The molecule has 0 aliphatic carbocycles. The minimum Gasteiger partial charge on any atom is -1.00 e. The lowest BCUT2D eigenvalue weighted by molar-refractivity contribution is -0.683. The van der Waals surface area contributed by atoms with Crippen molar-refractivity contribution in [3.05, 3.63) is 52.5 Å². The second-order valence-electron chi connectivity index (χ2n) is 4.82. The van der Waals surface area contributed by atoms with Crippen LogP contribution in [0.5, 0.6) is 0 Å². The Bertz CT molecular complexity index is 595. The van der Waals surface area contributed by atoms with E-state index < -0.39 is 0 Å². The average Bonchev–Trinajstić information content (AvgIpc) is 2.92. The number of thiophene rings is 1. The number of hydrogen-bond acceptors (Lipinski definition) is 4. The van der Waals surface area contributed by atoms with Gasteiger partial charge in [-0.3, -0.25) is 9.59 Å². The van der Waals surface area contributed by atoms with Gasteiger partial charge < -0.3 is 21.9 Å². The zero-order chi connectivity index (χ0) is 14.5. The molecule has 2 aromatic rings. The minimum atomic E-state index is 0. The van der Waals surface area contributed by atoms with Crippen molar-refractivity contribution in [3.63, 3.8) is 0 Å². The molecule has 0 bridgehead atoms. The number of carbonyl (C=O) groups is 2. The molecule has 0 spiro atoms. The molecule has 0 N–H and O–H groups in total. The fourth-order valence-corrected chi connectivity index (χ4v) is 2.46. The first-order chi connectivity index (χ1) is 9.56. The predicted octanol–water partition coefficient (Wildman–Crippen LogP) is -1.33. The lowest BCUT2D eigenvalue weighted by Gasteiger charge is -2.07. The number of carbonyl (C=O) groups excluding carboxylic acids is 2. The lowest BCUT2D eigenvalue weighted by atomic mass is 10.1. The van der Waals surface area contributed by atoms with Crippen molar-refractivity contribution in [2.45, 2.75) is 6.54 Å². The van der Waals surface area contributed by atoms with Crippen molar-refractivity contribution in [1.82, 2.24) is 4.90 Å². The first-order valence-electron chi connectivity index (χ1n) is 6.30. The van der Waals surface area contributed by atoms with E-state index in [-0.39, 0.29) is 28.5 Å². The van der Waals surface area contributed by atoms with Crippen LogP contribution >= 0.6 is 11.3 Å². The van der Waals surface area contributed by atoms with Crippen molar-refractivity contribution < 1.29 is 31.1 Å². The third-order valence-electron chi connectivity index (χ3n) is 2.80. The normalized spacial score (nSPS) is 10.2. The molecule has 2 rings (SSSR count). The van der Waals surface area contributed by atoms with E-state index in [2.05, 4.69) is 0 Å². The van der Waals surface area contributed by atoms with E-state index in [4.69, 9.17) is 0 Å². The number of Topliss-reactive ketones (excluding diaryl/α,β-unsaturated/α-hetero) is 2. The molecule has 0 fully saturated rings. The maximum absolute atomic E-state index is 12.0. The van der Waals surface area contributed by atoms with Gasteiger partial charge in [0, 0.05) is 17.7 Å². The second-order valence-corrected chi connectivity index (χ2v) is 5.77. The van der Waals surface area contributed by atoms with Crippen LogP contribution in [0.4, 0.5) is 0 Å². The Balaban J connectivity index is 0.00000220. The molecule has 0 radical (unpaired) electrons. The molecule has 0 aromatic carbocycles. The first kappa shape index (κ1) is 17.7. The Morgan fingerprint density at radius 2 is 1.81 bits per heavy atom. The third kappa shape index (κ3) is 5.15. The van der Waals surface area contributed by atoms with Crippen LogP contribution in [0.15, 0.2) is 42.0 Å². The van der Waals surface area contributed by atoms with E-state index in [0.717, 1.165) is 4.88 Å². The van der Waals surface area contributed by atoms with Gasteiger partial charge in [0.1, 0.15) is 0 Å². The Labute approximate surface area is 138 Å². The summed E-state index contributed by atoms with van der Waals surface area (Å²) < 4.78 is 1.79. The maximum Gasteiger partial charge on any atom is 0.237 e. The molecular weight excluding hydrogens is 352 g/mol. The Kier molecular flexibility index (Phi) is 6.87. The SMILES string of the molecule is CN(C)CC(=O)c1cc[n+](CC(=O)c2cccs2)cc1.[Br-]. The van der Waals surface area contributed by atoms with Crippen molar-refractivity contribution in [2.24, 2.45) is 0 Å². The molecule has 0 unspecified atom stereocenters. The van der Waals surface area contributed by atoms with E-state index in [0.29, 0.717) is 18.7 Å². The zero-order valence-corrected chi connectivity index (χ0v) is 14.4. The number of likely N-dealkylation sites (N-methyl/N-ethyl adjacent to an activating group) is 1. The molecule has 0 aliphatic rings. The highest BCUT2D eigenvalue weighted by molar-refractivity contribution is 7.12. The summed E-state index contributed by atoms with van der Waals surface area (Å²) in [7, 11) is 3.72. The minimum absolute atomic E-state index is 0. The molecule has 112 valence electrons. The smallest absolute Gasteiger partial charge is 0.237 e. The highest BCUT2D eigenvalue weighted by Gasteiger charge is 2.14. The number of hydrogen-bond donors (Lipinski definition) is 0. The fourth-order valence-electron chi connectivity index (χ4n) is 1.81. The molecule has 0 aliphatic heterocycles. The number of rotatable bonds is 6. The highest BCUT2D eigenvalue weighted by atomic mass is 79.9. The monoisotopic (exact) mass is 368 g/mol. The molecule has 0 saturated heterocycles. The first-order valence-corrected chi connectivity index (χ1v) is 7.18. The zero-order valence-electron chi connectivity index (χ0n) is 12.0. The van der Waals surface area contributed by atoms with Gasteiger partial charge in [0.05, 0.1) is 11.4 Å². The summed E-state index contributed by atoms with van der Waals surface area (Å²) in [6, 6.07) is 7.20. The standard InChI is InChI=1S/C15H17N2O2S.BrH/c1-16(2)10-13(18)12-5-7-17(8-6-12)11-14(19)15-4-3-9-20-15;/h3-9H,10-11H2,1-2H3;1H/q+1;/p-1. The lowest BCUT2D eigenvalue weighted by Crippen LogP contribution is -3.00. The van der Waals surface area contributed by atoms with Gasteiger partial charge in [-0.1, -0.05) is 6.07 Å². The van der Waals surface area contributed by atoms with Crippen molar-refractivity contribution in [2.75, 3.05) is 20.6 Å². The summed E-state index contributed by atoms with van der Waals surface area (Å²) in [6.45, 7) is 0.681. The van der Waals surface area contributed by atoms with Crippen LogP contribution in [-0.4, -0.2) is 37.1 Å². The van der Waals surface area contributed by atoms with E-state index in [1.54, 1.807) is 29.1 Å². The molecule has 6 heteroatoms. The van der Waals surface area contributed by atoms with Gasteiger partial charge in [0.2, 0.25) is 12.3 Å². The topological polar surface area (TPSA) is 41.3 Å². The van der Waals surface area contributed by atoms with Gasteiger partial charge in [-0.15, -0.1) is 11.3 Å².